The molecule has 0 saturated carbocycles. The molecule has 10 nitrogen and oxygen atoms in total. The second-order valence-corrected chi connectivity index (χ2v) is 11.0. The number of thiophene rings is 1. The fourth-order valence-electron chi connectivity index (χ4n) is 4.99. The van der Waals surface area contributed by atoms with Crippen LogP contribution in [0.4, 0.5) is 27.1 Å². The van der Waals surface area contributed by atoms with E-state index in [0.29, 0.717) is 23.0 Å². The minimum Gasteiger partial charge on any atom is -0.496 e. The van der Waals surface area contributed by atoms with Crippen molar-refractivity contribution in [2.75, 3.05) is 31.4 Å². The summed E-state index contributed by atoms with van der Waals surface area (Å²) in [5.74, 6) is 1.27. The number of pyridine rings is 1. The summed E-state index contributed by atoms with van der Waals surface area (Å²) >= 11 is 1.44. The average molecular weight is 591 g/mol. The molecule has 6 aromatic rings. The van der Waals surface area contributed by atoms with Crippen LogP contribution < -0.4 is 20.7 Å². The van der Waals surface area contributed by atoms with Gasteiger partial charge < -0.3 is 20.7 Å². The number of imidazole rings is 1. The highest BCUT2D eigenvalue weighted by molar-refractivity contribution is 7.14. The fourth-order valence-corrected chi connectivity index (χ4v) is 5.75. The van der Waals surface area contributed by atoms with Crippen LogP contribution >= 0.6 is 11.3 Å². The van der Waals surface area contributed by atoms with Crippen molar-refractivity contribution in [3.05, 3.63) is 102 Å². The highest BCUT2D eigenvalue weighted by Crippen LogP contribution is 2.36. The molecule has 0 aliphatic carbocycles. The number of carbonyl (C=O) groups is 1. The summed E-state index contributed by atoms with van der Waals surface area (Å²) in [7, 11) is 5.71. The topological polar surface area (TPSA) is 114 Å². The molecule has 0 aliphatic rings. The Morgan fingerprint density at radius 2 is 1.91 bits per heavy atom. The van der Waals surface area contributed by atoms with Crippen LogP contribution in [0.15, 0.2) is 96.6 Å². The number of primary amides is 1. The lowest BCUT2D eigenvalue weighted by Crippen LogP contribution is -2.30. The number of amides is 2. The van der Waals surface area contributed by atoms with E-state index in [4.69, 9.17) is 20.4 Å². The van der Waals surface area contributed by atoms with Gasteiger partial charge in [-0.2, -0.15) is 0 Å². The Bertz CT molecular complexity index is 1900. The maximum absolute atomic E-state index is 12.5. The molecule has 11 heteroatoms. The summed E-state index contributed by atoms with van der Waals surface area (Å²) in [5.41, 5.74) is 12.1. The van der Waals surface area contributed by atoms with Gasteiger partial charge in [0, 0.05) is 35.8 Å². The molecule has 0 saturated heterocycles. The summed E-state index contributed by atoms with van der Waals surface area (Å²) in [4.78, 5) is 30.4. The van der Waals surface area contributed by atoms with Crippen LogP contribution in [0.5, 0.6) is 5.75 Å². The molecule has 0 aliphatic heterocycles. The molecular weight excluding hydrogens is 560 g/mol. The van der Waals surface area contributed by atoms with Gasteiger partial charge in [-0.1, -0.05) is 18.2 Å². The molecule has 0 bridgehead atoms. The van der Waals surface area contributed by atoms with E-state index in [9.17, 15) is 4.79 Å². The SMILES string of the molecule is COc1ccc(Nc2nccc(-c3c(-c4cccc(N(C(N)=O)c5cccs5)c4)nc4ccccn34)n2)cc1CN(C)C. The molecule has 2 amide bonds. The average Bonchev–Trinajstić information content (AvgIpc) is 3.66. The summed E-state index contributed by atoms with van der Waals surface area (Å²) in [6.45, 7) is 0.726. The predicted octanol–water partition coefficient (Wildman–Crippen LogP) is 6.55. The third kappa shape index (κ3) is 5.76. The first kappa shape index (κ1) is 27.9. The minimum atomic E-state index is -0.561. The Morgan fingerprint density at radius 3 is 2.67 bits per heavy atom. The number of rotatable bonds is 9. The van der Waals surface area contributed by atoms with Crippen molar-refractivity contribution in [3.63, 3.8) is 0 Å². The number of aromatic nitrogens is 4. The highest BCUT2D eigenvalue weighted by Gasteiger charge is 2.21. The van der Waals surface area contributed by atoms with E-state index in [1.54, 1.807) is 13.3 Å². The van der Waals surface area contributed by atoms with Gasteiger partial charge in [0.25, 0.3) is 0 Å². The lowest BCUT2D eigenvalue weighted by Gasteiger charge is -2.19. The lowest BCUT2D eigenvalue weighted by atomic mass is 10.1. The zero-order valence-corrected chi connectivity index (χ0v) is 24.7. The van der Waals surface area contributed by atoms with E-state index in [1.165, 1.54) is 16.2 Å². The van der Waals surface area contributed by atoms with Gasteiger partial charge in [0.15, 0.2) is 0 Å². The Morgan fingerprint density at radius 1 is 1.02 bits per heavy atom. The summed E-state index contributed by atoms with van der Waals surface area (Å²) in [6.07, 6.45) is 3.68. The lowest BCUT2D eigenvalue weighted by molar-refractivity contribution is 0.256. The first-order valence-electron chi connectivity index (χ1n) is 13.5. The van der Waals surface area contributed by atoms with Crippen LogP contribution in [0.1, 0.15) is 5.56 Å². The number of anilines is 4. The van der Waals surface area contributed by atoms with Crippen molar-refractivity contribution >= 4 is 45.3 Å². The number of urea groups is 1. The van der Waals surface area contributed by atoms with E-state index in [1.807, 2.05) is 109 Å². The monoisotopic (exact) mass is 590 g/mol. The molecule has 4 aromatic heterocycles. The van der Waals surface area contributed by atoms with Crippen molar-refractivity contribution in [1.29, 1.82) is 0 Å². The van der Waals surface area contributed by atoms with Crippen LogP contribution in [-0.4, -0.2) is 51.5 Å². The van der Waals surface area contributed by atoms with Crippen LogP contribution in [0, 0.1) is 0 Å². The van der Waals surface area contributed by atoms with Crippen molar-refractivity contribution in [2.45, 2.75) is 6.54 Å². The fraction of sp³-hybridized carbons (Fsp3) is 0.125. The van der Waals surface area contributed by atoms with Crippen molar-refractivity contribution in [1.82, 2.24) is 24.3 Å². The van der Waals surface area contributed by atoms with Crippen molar-refractivity contribution < 1.29 is 9.53 Å². The normalized spacial score (nSPS) is 11.2. The number of nitrogens with two attached hydrogens (primary N) is 1. The number of hydrogen-bond acceptors (Lipinski definition) is 8. The third-order valence-corrected chi connectivity index (χ3v) is 7.63. The number of carbonyl (C=O) groups excluding carboxylic acids is 1. The maximum Gasteiger partial charge on any atom is 0.324 e. The van der Waals surface area contributed by atoms with Gasteiger partial charge in [-0.25, -0.2) is 19.7 Å². The first-order chi connectivity index (χ1) is 20.9. The van der Waals surface area contributed by atoms with Gasteiger partial charge in [-0.15, -0.1) is 11.3 Å². The van der Waals surface area contributed by atoms with Gasteiger partial charge in [-0.05, 0) is 80.1 Å². The maximum atomic E-state index is 12.5. The molecule has 0 fully saturated rings. The Balaban J connectivity index is 1.41. The molecule has 0 unspecified atom stereocenters. The molecule has 216 valence electrons. The molecule has 6 rings (SSSR count). The molecule has 0 spiro atoms. The van der Waals surface area contributed by atoms with E-state index >= 15 is 0 Å². The molecule has 3 N–H and O–H groups in total. The van der Waals surface area contributed by atoms with Crippen molar-refractivity contribution in [3.8, 4) is 28.4 Å². The highest BCUT2D eigenvalue weighted by atomic mass is 32.1. The predicted molar refractivity (Wildman–Crippen MR) is 171 cm³/mol. The van der Waals surface area contributed by atoms with Crippen LogP contribution in [0.2, 0.25) is 0 Å². The van der Waals surface area contributed by atoms with E-state index in [-0.39, 0.29) is 0 Å². The standard InChI is InChI=1S/C32H30N8O2S/c1-38(2)20-22-18-23(12-13-26(22)42-3)35-32-34-15-14-25(36-32)30-29(37-27-10-4-5-16-39(27)30)21-8-6-9-24(19-21)40(31(33)41)28-11-7-17-43-28/h4-19H,20H2,1-3H3,(H2,33,41)(H,34,35,36). The molecule has 43 heavy (non-hydrogen) atoms. The zero-order valence-electron chi connectivity index (χ0n) is 23.9. The van der Waals surface area contributed by atoms with Crippen LogP contribution in [-0.2, 0) is 6.54 Å². The molecular formula is C32H30N8O2S. The number of benzene rings is 2. The molecule has 4 heterocycles. The van der Waals surface area contributed by atoms with Gasteiger partial charge in [-0.3, -0.25) is 9.30 Å². The largest absolute Gasteiger partial charge is 0.496 e. The first-order valence-corrected chi connectivity index (χ1v) is 14.4. The number of nitrogens with zero attached hydrogens (tertiary/aromatic N) is 6. The summed E-state index contributed by atoms with van der Waals surface area (Å²) < 4.78 is 7.55. The second kappa shape index (κ2) is 11.9. The minimum absolute atomic E-state index is 0.446. The van der Waals surface area contributed by atoms with E-state index < -0.39 is 6.03 Å². The van der Waals surface area contributed by atoms with Crippen LogP contribution in [0.25, 0.3) is 28.3 Å². The van der Waals surface area contributed by atoms with Gasteiger partial charge >= 0.3 is 6.03 Å². The number of nitrogens with one attached hydrogen (secondary N) is 1. The summed E-state index contributed by atoms with van der Waals surface area (Å²) in [5, 5.41) is 5.99. The van der Waals surface area contributed by atoms with E-state index in [2.05, 4.69) is 15.2 Å². The number of ether oxygens (including phenoxy) is 1. The molecule has 0 atom stereocenters. The summed E-state index contributed by atoms with van der Waals surface area (Å²) in [6, 6.07) is 24.4. The van der Waals surface area contributed by atoms with Crippen LogP contribution in [0.3, 0.4) is 0 Å². The number of methoxy groups -OCH3 is 1. The number of hydrogen-bond donors (Lipinski definition) is 2. The van der Waals surface area contributed by atoms with Gasteiger partial charge in [0.1, 0.15) is 16.4 Å². The Labute approximate surface area is 253 Å². The van der Waals surface area contributed by atoms with Gasteiger partial charge in [0.05, 0.1) is 29.9 Å². The zero-order chi connectivity index (χ0) is 29.9. The van der Waals surface area contributed by atoms with E-state index in [0.717, 1.165) is 45.5 Å². The Hall–Kier alpha value is -5.26. The number of fused-ring (bicyclic) bond motifs is 1. The Kier molecular flexibility index (Phi) is 7.73. The van der Waals surface area contributed by atoms with Gasteiger partial charge in [0.2, 0.25) is 5.95 Å². The third-order valence-electron chi connectivity index (χ3n) is 6.78. The smallest absolute Gasteiger partial charge is 0.324 e. The quantitative estimate of drug-likeness (QED) is 0.196. The molecule has 0 radical (unpaired) electrons. The molecule has 2 aromatic carbocycles. The van der Waals surface area contributed by atoms with Crippen molar-refractivity contribution in [2.24, 2.45) is 5.73 Å². The second-order valence-electron chi connectivity index (χ2n) is 10.1.